The molecule has 2 N–H and O–H groups in total. The van der Waals surface area contributed by atoms with Gasteiger partial charge in [-0.15, -0.1) is 0 Å². The van der Waals surface area contributed by atoms with Crippen molar-refractivity contribution in [2.45, 2.75) is 33.1 Å². The van der Waals surface area contributed by atoms with Crippen molar-refractivity contribution in [2.24, 2.45) is 5.73 Å². The van der Waals surface area contributed by atoms with Crippen molar-refractivity contribution in [3.63, 3.8) is 0 Å². The second-order valence-corrected chi connectivity index (χ2v) is 3.51. The highest BCUT2D eigenvalue weighted by atomic mass is 14.5. The lowest BCUT2D eigenvalue weighted by molar-refractivity contribution is 0.831. The van der Waals surface area contributed by atoms with Crippen molar-refractivity contribution in [2.75, 3.05) is 6.54 Å². The predicted octanol–water partition coefficient (Wildman–Crippen LogP) is 2.45. The van der Waals surface area contributed by atoms with Gasteiger partial charge in [0, 0.05) is 0 Å². The van der Waals surface area contributed by atoms with Gasteiger partial charge in [0.05, 0.1) is 0 Å². The van der Waals surface area contributed by atoms with Crippen LogP contribution in [0.3, 0.4) is 0 Å². The lowest BCUT2D eigenvalue weighted by atomic mass is 10.0. The molecule has 0 atom stereocenters. The Morgan fingerprint density at radius 2 is 2.08 bits per heavy atom. The molecule has 0 spiro atoms. The Hall–Kier alpha value is -0.820. The summed E-state index contributed by atoms with van der Waals surface area (Å²) in [6, 6.07) is 6.75. The Kier molecular flexibility index (Phi) is 3.97. The zero-order valence-corrected chi connectivity index (χ0v) is 8.64. The van der Waals surface area contributed by atoms with E-state index in [1.165, 1.54) is 16.7 Å². The van der Waals surface area contributed by atoms with Crippen molar-refractivity contribution >= 4 is 0 Å². The van der Waals surface area contributed by atoms with Crippen molar-refractivity contribution in [1.82, 2.24) is 0 Å². The third-order valence-corrected chi connectivity index (χ3v) is 2.46. The molecule has 0 bridgehead atoms. The van der Waals surface area contributed by atoms with Gasteiger partial charge in [-0.3, -0.25) is 0 Å². The molecule has 1 nitrogen and oxygen atoms in total. The first kappa shape index (κ1) is 10.3. The second kappa shape index (κ2) is 5.03. The van der Waals surface area contributed by atoms with Gasteiger partial charge in [-0.25, -0.2) is 0 Å². The topological polar surface area (TPSA) is 26.0 Å². The minimum Gasteiger partial charge on any atom is -0.330 e. The van der Waals surface area contributed by atoms with Gasteiger partial charge in [-0.1, -0.05) is 25.1 Å². The Morgan fingerprint density at radius 1 is 1.31 bits per heavy atom. The number of hydrogen-bond acceptors (Lipinski definition) is 1. The van der Waals surface area contributed by atoms with Crippen LogP contribution in [0.2, 0.25) is 0 Å². The molecule has 0 aliphatic rings. The van der Waals surface area contributed by atoms with Crippen LogP contribution in [0.15, 0.2) is 18.2 Å². The second-order valence-electron chi connectivity index (χ2n) is 3.51. The maximum Gasteiger partial charge on any atom is -0.00741 e. The molecule has 0 unspecified atom stereocenters. The summed E-state index contributed by atoms with van der Waals surface area (Å²) in [7, 11) is 0. The molecular weight excluding hydrogens is 158 g/mol. The summed E-state index contributed by atoms with van der Waals surface area (Å²) in [5, 5.41) is 0. The van der Waals surface area contributed by atoms with E-state index in [1.807, 2.05) is 0 Å². The summed E-state index contributed by atoms with van der Waals surface area (Å²) in [6.07, 6.45) is 3.33. The SMILES string of the molecule is CCc1ccc(CCCN)cc1C. The van der Waals surface area contributed by atoms with E-state index in [0.717, 1.165) is 25.8 Å². The van der Waals surface area contributed by atoms with Crippen LogP contribution >= 0.6 is 0 Å². The molecule has 0 radical (unpaired) electrons. The van der Waals surface area contributed by atoms with Gasteiger partial charge < -0.3 is 5.73 Å². The zero-order chi connectivity index (χ0) is 9.68. The maximum absolute atomic E-state index is 5.47. The van der Waals surface area contributed by atoms with Gasteiger partial charge in [-0.2, -0.15) is 0 Å². The number of hydrogen-bond donors (Lipinski definition) is 1. The van der Waals surface area contributed by atoms with Gasteiger partial charge in [0.2, 0.25) is 0 Å². The number of aryl methyl sites for hydroxylation is 3. The molecule has 0 fully saturated rings. The molecule has 0 aliphatic heterocycles. The highest BCUT2D eigenvalue weighted by Crippen LogP contribution is 2.12. The molecule has 13 heavy (non-hydrogen) atoms. The van der Waals surface area contributed by atoms with Crippen molar-refractivity contribution in [3.05, 3.63) is 34.9 Å². The highest BCUT2D eigenvalue weighted by Gasteiger charge is 1.97. The average Bonchev–Trinajstić information content (AvgIpc) is 2.15. The van der Waals surface area contributed by atoms with E-state index in [9.17, 15) is 0 Å². The number of benzene rings is 1. The first-order valence-electron chi connectivity index (χ1n) is 5.06. The van der Waals surface area contributed by atoms with Gasteiger partial charge >= 0.3 is 0 Å². The van der Waals surface area contributed by atoms with Crippen LogP contribution in [-0.2, 0) is 12.8 Å². The van der Waals surface area contributed by atoms with Crippen LogP contribution < -0.4 is 5.73 Å². The molecule has 1 aromatic rings. The molecule has 0 aromatic heterocycles. The zero-order valence-electron chi connectivity index (χ0n) is 8.64. The molecule has 0 saturated carbocycles. The Bertz CT molecular complexity index is 266. The van der Waals surface area contributed by atoms with Gasteiger partial charge in [-0.05, 0) is 49.4 Å². The molecule has 1 heteroatoms. The molecular formula is C12H19N. The Labute approximate surface area is 81.0 Å². The molecule has 0 amide bonds. The summed E-state index contributed by atoms with van der Waals surface area (Å²) in [4.78, 5) is 0. The van der Waals surface area contributed by atoms with Crippen LogP contribution in [0.5, 0.6) is 0 Å². The van der Waals surface area contributed by atoms with Crippen LogP contribution in [-0.4, -0.2) is 6.54 Å². The normalized spacial score (nSPS) is 10.4. The van der Waals surface area contributed by atoms with Crippen LogP contribution in [0, 0.1) is 6.92 Å². The first-order chi connectivity index (χ1) is 6.27. The Balaban J connectivity index is 2.71. The van der Waals surface area contributed by atoms with Gasteiger partial charge in [0.1, 0.15) is 0 Å². The lowest BCUT2D eigenvalue weighted by Gasteiger charge is -2.05. The van der Waals surface area contributed by atoms with Gasteiger partial charge in [0.15, 0.2) is 0 Å². The molecule has 1 aromatic carbocycles. The molecule has 0 aliphatic carbocycles. The Morgan fingerprint density at radius 3 is 2.62 bits per heavy atom. The van der Waals surface area contributed by atoms with Crippen molar-refractivity contribution < 1.29 is 0 Å². The van der Waals surface area contributed by atoms with E-state index in [4.69, 9.17) is 5.73 Å². The lowest BCUT2D eigenvalue weighted by Crippen LogP contribution is -2.00. The predicted molar refractivity (Wildman–Crippen MR) is 57.9 cm³/mol. The molecule has 1 rings (SSSR count). The first-order valence-corrected chi connectivity index (χ1v) is 5.06. The van der Waals surface area contributed by atoms with Crippen LogP contribution in [0.1, 0.15) is 30.0 Å². The molecule has 72 valence electrons. The summed E-state index contributed by atoms with van der Waals surface area (Å²) in [6.45, 7) is 5.17. The largest absolute Gasteiger partial charge is 0.330 e. The summed E-state index contributed by atoms with van der Waals surface area (Å²) in [5.41, 5.74) is 9.76. The minimum absolute atomic E-state index is 0.786. The minimum atomic E-state index is 0.786. The quantitative estimate of drug-likeness (QED) is 0.751. The van der Waals surface area contributed by atoms with E-state index >= 15 is 0 Å². The fourth-order valence-electron chi connectivity index (χ4n) is 1.62. The van der Waals surface area contributed by atoms with E-state index in [0.29, 0.717) is 0 Å². The number of nitrogens with two attached hydrogens (primary N) is 1. The number of rotatable bonds is 4. The average molecular weight is 177 g/mol. The third kappa shape index (κ3) is 2.85. The van der Waals surface area contributed by atoms with E-state index < -0.39 is 0 Å². The highest BCUT2D eigenvalue weighted by molar-refractivity contribution is 5.31. The van der Waals surface area contributed by atoms with Crippen molar-refractivity contribution in [1.29, 1.82) is 0 Å². The van der Waals surface area contributed by atoms with Crippen LogP contribution in [0.4, 0.5) is 0 Å². The van der Waals surface area contributed by atoms with Gasteiger partial charge in [0.25, 0.3) is 0 Å². The fourth-order valence-corrected chi connectivity index (χ4v) is 1.62. The third-order valence-electron chi connectivity index (χ3n) is 2.46. The molecule has 0 heterocycles. The standard InChI is InChI=1S/C12H19N/c1-3-12-7-6-11(5-4-8-13)9-10(12)2/h6-7,9H,3-5,8,13H2,1-2H3. The van der Waals surface area contributed by atoms with Crippen LogP contribution in [0.25, 0.3) is 0 Å². The van der Waals surface area contributed by atoms with E-state index in [1.54, 1.807) is 0 Å². The summed E-state index contributed by atoms with van der Waals surface area (Å²) >= 11 is 0. The summed E-state index contributed by atoms with van der Waals surface area (Å²) in [5.74, 6) is 0. The molecule has 0 saturated heterocycles. The van der Waals surface area contributed by atoms with E-state index in [-0.39, 0.29) is 0 Å². The maximum atomic E-state index is 5.47. The smallest absolute Gasteiger partial charge is 0.00741 e. The van der Waals surface area contributed by atoms with Crippen molar-refractivity contribution in [3.8, 4) is 0 Å². The van der Waals surface area contributed by atoms with E-state index in [2.05, 4.69) is 32.0 Å². The fraction of sp³-hybridized carbons (Fsp3) is 0.500. The summed E-state index contributed by atoms with van der Waals surface area (Å²) < 4.78 is 0. The monoisotopic (exact) mass is 177 g/mol.